The molecule has 1 saturated carbocycles. The molecule has 3 aromatic rings. The van der Waals surface area contributed by atoms with Crippen LogP contribution in [0.4, 0.5) is 0 Å². The number of aromatic nitrogens is 4. The summed E-state index contributed by atoms with van der Waals surface area (Å²) < 4.78 is 11.0. The number of rotatable bonds is 10. The summed E-state index contributed by atoms with van der Waals surface area (Å²) in [4.78, 5) is 29.4. The third kappa shape index (κ3) is 5.68. The summed E-state index contributed by atoms with van der Waals surface area (Å²) in [6.45, 7) is 3.87. The third-order valence-electron chi connectivity index (χ3n) is 5.86. The van der Waals surface area contributed by atoms with Crippen molar-refractivity contribution in [1.82, 2.24) is 30.4 Å². The maximum Gasteiger partial charge on any atom is 0.247 e. The molecular formula is C23H30N6O4. The topological polar surface area (TPSA) is 119 Å². The highest BCUT2D eigenvalue weighted by molar-refractivity contribution is 5.87. The summed E-state index contributed by atoms with van der Waals surface area (Å²) in [5.41, 5.74) is 0. The molecule has 1 N–H and O–H groups in total. The smallest absolute Gasteiger partial charge is 0.247 e. The molecule has 3 aromatic heterocycles. The summed E-state index contributed by atoms with van der Waals surface area (Å²) >= 11 is 0. The summed E-state index contributed by atoms with van der Waals surface area (Å²) in [5, 5.41) is 15.4. The van der Waals surface area contributed by atoms with Crippen LogP contribution in [-0.4, -0.2) is 49.0 Å². The second kappa shape index (κ2) is 10.5. The van der Waals surface area contributed by atoms with Crippen molar-refractivity contribution in [2.75, 3.05) is 0 Å². The Morgan fingerprint density at radius 1 is 1.27 bits per heavy atom. The highest BCUT2D eigenvalue weighted by Crippen LogP contribution is 2.20. The molecule has 1 fully saturated rings. The quantitative estimate of drug-likeness (QED) is 0.500. The van der Waals surface area contributed by atoms with Gasteiger partial charge < -0.3 is 19.1 Å². The zero-order valence-corrected chi connectivity index (χ0v) is 19.1. The first-order chi connectivity index (χ1) is 16.0. The Balaban J connectivity index is 1.52. The predicted octanol–water partition coefficient (Wildman–Crippen LogP) is 3.09. The first-order valence-corrected chi connectivity index (χ1v) is 11.5. The molecule has 0 bridgehead atoms. The van der Waals surface area contributed by atoms with Gasteiger partial charge in [0.15, 0.2) is 5.76 Å². The lowest BCUT2D eigenvalue weighted by molar-refractivity contribution is -0.143. The molecule has 0 spiro atoms. The maximum atomic E-state index is 13.4. The van der Waals surface area contributed by atoms with Gasteiger partial charge in [-0.3, -0.25) is 9.59 Å². The van der Waals surface area contributed by atoms with E-state index in [0.717, 1.165) is 37.9 Å². The van der Waals surface area contributed by atoms with E-state index in [2.05, 4.69) is 20.7 Å². The number of carbonyl (C=O) groups is 2. The molecule has 0 unspecified atom stereocenters. The van der Waals surface area contributed by atoms with Crippen molar-refractivity contribution >= 4 is 11.8 Å². The molecule has 2 amide bonds. The number of amides is 2. The second-order valence-corrected chi connectivity index (χ2v) is 8.45. The summed E-state index contributed by atoms with van der Waals surface area (Å²) in [5.74, 6) is 1.72. The molecule has 10 nitrogen and oxygen atoms in total. The highest BCUT2D eigenvalue weighted by atomic mass is 16.3. The van der Waals surface area contributed by atoms with E-state index in [4.69, 9.17) is 8.83 Å². The lowest BCUT2D eigenvalue weighted by atomic mass is 10.1. The lowest BCUT2D eigenvalue weighted by Crippen LogP contribution is -2.51. The lowest BCUT2D eigenvalue weighted by Gasteiger charge is -2.31. The van der Waals surface area contributed by atoms with Crippen LogP contribution < -0.4 is 5.32 Å². The fraction of sp³-hybridized carbons (Fsp3) is 0.522. The van der Waals surface area contributed by atoms with Crippen LogP contribution in [0.25, 0.3) is 11.6 Å². The fourth-order valence-electron chi connectivity index (χ4n) is 4.19. The van der Waals surface area contributed by atoms with Crippen LogP contribution in [0.5, 0.6) is 0 Å². The van der Waals surface area contributed by atoms with Crippen LogP contribution >= 0.6 is 0 Å². The van der Waals surface area contributed by atoms with Crippen LogP contribution in [0.3, 0.4) is 0 Å². The zero-order valence-electron chi connectivity index (χ0n) is 19.1. The molecule has 176 valence electrons. The Kier molecular flexibility index (Phi) is 7.21. The van der Waals surface area contributed by atoms with Crippen molar-refractivity contribution in [2.24, 2.45) is 0 Å². The molecular weight excluding hydrogens is 424 g/mol. The predicted molar refractivity (Wildman–Crippen MR) is 119 cm³/mol. The number of nitrogens with zero attached hydrogens (tertiary/aromatic N) is 5. The van der Waals surface area contributed by atoms with Crippen molar-refractivity contribution < 1.29 is 18.4 Å². The molecule has 0 aliphatic heterocycles. The van der Waals surface area contributed by atoms with Crippen LogP contribution in [0.15, 0.2) is 39.4 Å². The van der Waals surface area contributed by atoms with Gasteiger partial charge >= 0.3 is 0 Å². The molecule has 0 aromatic carbocycles. The molecule has 0 radical (unpaired) electrons. The normalized spacial score (nSPS) is 15.0. The number of aryl methyl sites for hydroxylation is 1. The second-order valence-electron chi connectivity index (χ2n) is 8.45. The minimum absolute atomic E-state index is 0.123. The SMILES string of the molecule is CCC[C@@H](C(=O)NC1CCCC1)N(Cc1ccco1)C(=O)Cn1nnc(-c2ccc(C)o2)n1. The maximum absolute atomic E-state index is 13.4. The molecule has 1 aliphatic rings. The van der Waals surface area contributed by atoms with E-state index in [1.54, 1.807) is 29.4 Å². The minimum atomic E-state index is -0.607. The molecule has 33 heavy (non-hydrogen) atoms. The van der Waals surface area contributed by atoms with Crippen LogP contribution in [-0.2, 0) is 22.7 Å². The van der Waals surface area contributed by atoms with Gasteiger partial charge in [0.1, 0.15) is 24.1 Å². The highest BCUT2D eigenvalue weighted by Gasteiger charge is 2.32. The van der Waals surface area contributed by atoms with Crippen LogP contribution in [0.1, 0.15) is 57.0 Å². The van der Waals surface area contributed by atoms with Gasteiger partial charge in [-0.25, -0.2) is 0 Å². The van der Waals surface area contributed by atoms with E-state index >= 15 is 0 Å². The van der Waals surface area contributed by atoms with E-state index in [1.165, 1.54) is 4.80 Å². The standard InChI is InChI=1S/C23H30N6O4/c1-3-7-19(23(31)24-17-8-4-5-9-17)28(14-18-10-6-13-32-18)21(30)15-29-26-22(25-27-29)20-12-11-16(2)33-20/h6,10-13,17,19H,3-5,7-9,14-15H2,1-2H3,(H,24,31)/t19-/m0/s1. The van der Waals surface area contributed by atoms with Crippen LogP contribution in [0, 0.1) is 6.92 Å². The van der Waals surface area contributed by atoms with Crippen molar-refractivity contribution in [1.29, 1.82) is 0 Å². The van der Waals surface area contributed by atoms with E-state index in [9.17, 15) is 9.59 Å². The van der Waals surface area contributed by atoms with E-state index in [-0.39, 0.29) is 30.9 Å². The molecule has 10 heteroatoms. The summed E-state index contributed by atoms with van der Waals surface area (Å²) in [7, 11) is 0. The molecule has 0 saturated heterocycles. The summed E-state index contributed by atoms with van der Waals surface area (Å²) in [6.07, 6.45) is 7.06. The Bertz CT molecular complexity index is 1050. The van der Waals surface area contributed by atoms with Crippen molar-refractivity contribution in [2.45, 2.75) is 77.5 Å². The number of tetrazole rings is 1. The first kappa shape index (κ1) is 22.8. The average molecular weight is 455 g/mol. The van der Waals surface area contributed by atoms with Crippen LogP contribution in [0.2, 0.25) is 0 Å². The molecule has 4 rings (SSSR count). The van der Waals surface area contributed by atoms with Gasteiger partial charge in [0.05, 0.1) is 12.8 Å². The number of hydrogen-bond donors (Lipinski definition) is 1. The number of furan rings is 2. The van der Waals surface area contributed by atoms with Gasteiger partial charge in [0.2, 0.25) is 17.6 Å². The number of nitrogens with one attached hydrogen (secondary N) is 1. The molecule has 1 atom stereocenters. The Hall–Kier alpha value is -3.43. The van der Waals surface area contributed by atoms with Gasteiger partial charge in [-0.2, -0.15) is 4.80 Å². The van der Waals surface area contributed by atoms with Gasteiger partial charge in [0.25, 0.3) is 0 Å². The third-order valence-corrected chi connectivity index (χ3v) is 5.86. The minimum Gasteiger partial charge on any atom is -0.467 e. The van der Waals surface area contributed by atoms with E-state index in [1.807, 2.05) is 19.9 Å². The van der Waals surface area contributed by atoms with Gasteiger partial charge in [-0.15, -0.1) is 10.2 Å². The monoisotopic (exact) mass is 454 g/mol. The first-order valence-electron chi connectivity index (χ1n) is 11.5. The number of hydrogen-bond acceptors (Lipinski definition) is 7. The zero-order chi connectivity index (χ0) is 23.2. The van der Waals surface area contributed by atoms with Crippen molar-refractivity contribution in [3.05, 3.63) is 42.0 Å². The average Bonchev–Trinajstić information content (AvgIpc) is 3.58. The fourth-order valence-corrected chi connectivity index (χ4v) is 4.19. The molecule has 3 heterocycles. The van der Waals surface area contributed by atoms with Gasteiger partial charge in [0, 0.05) is 6.04 Å². The van der Waals surface area contributed by atoms with E-state index < -0.39 is 6.04 Å². The van der Waals surface area contributed by atoms with Gasteiger partial charge in [-0.1, -0.05) is 26.2 Å². The summed E-state index contributed by atoms with van der Waals surface area (Å²) in [6, 6.07) is 6.69. The van der Waals surface area contributed by atoms with Gasteiger partial charge in [-0.05, 0) is 55.7 Å². The Morgan fingerprint density at radius 3 is 2.76 bits per heavy atom. The largest absolute Gasteiger partial charge is 0.467 e. The van der Waals surface area contributed by atoms with Crippen molar-refractivity contribution in [3.63, 3.8) is 0 Å². The van der Waals surface area contributed by atoms with E-state index in [0.29, 0.717) is 23.8 Å². The number of carbonyl (C=O) groups excluding carboxylic acids is 2. The van der Waals surface area contributed by atoms with Crippen molar-refractivity contribution in [3.8, 4) is 11.6 Å². The Morgan fingerprint density at radius 2 is 2.09 bits per heavy atom. The Labute approximate surface area is 192 Å². The molecule has 1 aliphatic carbocycles.